The van der Waals surface area contributed by atoms with E-state index >= 15 is 0 Å². The Kier molecular flexibility index (Phi) is 5.43. The van der Waals surface area contributed by atoms with Crippen molar-refractivity contribution in [1.82, 2.24) is 9.97 Å². The smallest absolute Gasteiger partial charge is 0.282 e. The number of nitrogens with one attached hydrogen (secondary N) is 2. The van der Waals surface area contributed by atoms with Gasteiger partial charge in [0.05, 0.1) is 26.2 Å². The van der Waals surface area contributed by atoms with E-state index in [0.717, 1.165) is 32.1 Å². The molecule has 2 amide bonds. The van der Waals surface area contributed by atoms with Crippen molar-refractivity contribution in [1.29, 1.82) is 0 Å². The molecule has 1 atom stereocenters. The highest BCUT2D eigenvalue weighted by Gasteiger charge is 2.29. The van der Waals surface area contributed by atoms with Gasteiger partial charge in [0.15, 0.2) is 6.04 Å². The molecule has 8 heteroatoms. The molecule has 0 bridgehead atoms. The number of hydrogen-bond donors (Lipinski definition) is 3. The van der Waals surface area contributed by atoms with Gasteiger partial charge < -0.3 is 20.9 Å². The number of nitrogens with two attached hydrogens (primary N) is 1. The van der Waals surface area contributed by atoms with Gasteiger partial charge in [0.2, 0.25) is 11.9 Å². The first-order valence-corrected chi connectivity index (χ1v) is 8.62. The SMILES string of the molecule is C[C@@H](C(=O)Nc1ccc(C(N)=O)cc1)[NH+]1CCN(c2ncccn2)CC1. The summed E-state index contributed by atoms with van der Waals surface area (Å²) in [6.45, 7) is 5.23. The van der Waals surface area contributed by atoms with E-state index < -0.39 is 5.91 Å². The van der Waals surface area contributed by atoms with Gasteiger partial charge in [-0.25, -0.2) is 9.97 Å². The van der Waals surface area contributed by atoms with Gasteiger partial charge >= 0.3 is 0 Å². The summed E-state index contributed by atoms with van der Waals surface area (Å²) in [7, 11) is 0. The minimum absolute atomic E-state index is 0.0452. The zero-order chi connectivity index (χ0) is 18.5. The molecule has 3 rings (SSSR count). The van der Waals surface area contributed by atoms with E-state index in [-0.39, 0.29) is 11.9 Å². The molecule has 0 radical (unpaired) electrons. The quantitative estimate of drug-likeness (QED) is 0.658. The summed E-state index contributed by atoms with van der Waals surface area (Å²) >= 11 is 0. The van der Waals surface area contributed by atoms with Crippen molar-refractivity contribution in [2.45, 2.75) is 13.0 Å². The zero-order valence-corrected chi connectivity index (χ0v) is 14.7. The number of quaternary nitrogens is 1. The third-order valence-corrected chi connectivity index (χ3v) is 4.68. The second-order valence-corrected chi connectivity index (χ2v) is 6.35. The number of carbonyl (C=O) groups excluding carboxylic acids is 2. The fourth-order valence-corrected chi connectivity index (χ4v) is 3.04. The number of amides is 2. The second kappa shape index (κ2) is 7.92. The summed E-state index contributed by atoms with van der Waals surface area (Å²) in [5.41, 5.74) is 6.29. The van der Waals surface area contributed by atoms with Crippen LogP contribution in [0.25, 0.3) is 0 Å². The molecule has 2 heterocycles. The van der Waals surface area contributed by atoms with E-state index in [1.54, 1.807) is 42.7 Å². The third kappa shape index (κ3) is 4.15. The van der Waals surface area contributed by atoms with E-state index in [4.69, 9.17) is 5.73 Å². The van der Waals surface area contributed by atoms with Crippen molar-refractivity contribution in [2.24, 2.45) is 5.73 Å². The number of primary amides is 1. The van der Waals surface area contributed by atoms with E-state index in [1.807, 2.05) is 6.92 Å². The molecule has 1 aliphatic rings. The van der Waals surface area contributed by atoms with Crippen LogP contribution in [0, 0.1) is 0 Å². The molecule has 1 aromatic carbocycles. The molecular weight excluding hydrogens is 332 g/mol. The molecule has 8 nitrogen and oxygen atoms in total. The van der Waals surface area contributed by atoms with Crippen LogP contribution in [0.4, 0.5) is 11.6 Å². The van der Waals surface area contributed by atoms with E-state index in [0.29, 0.717) is 11.3 Å². The number of piperazine rings is 1. The molecule has 1 fully saturated rings. The minimum Gasteiger partial charge on any atom is -0.366 e. The summed E-state index contributed by atoms with van der Waals surface area (Å²) in [5, 5.41) is 2.90. The van der Waals surface area contributed by atoms with E-state index in [9.17, 15) is 9.59 Å². The molecule has 4 N–H and O–H groups in total. The Morgan fingerprint density at radius 1 is 1.15 bits per heavy atom. The fraction of sp³-hybridized carbons (Fsp3) is 0.333. The number of carbonyl (C=O) groups is 2. The van der Waals surface area contributed by atoms with Crippen molar-refractivity contribution in [2.75, 3.05) is 36.4 Å². The number of benzene rings is 1. The highest BCUT2D eigenvalue weighted by Crippen LogP contribution is 2.09. The van der Waals surface area contributed by atoms with E-state index in [2.05, 4.69) is 20.2 Å². The number of hydrogen-bond acceptors (Lipinski definition) is 5. The van der Waals surface area contributed by atoms with Crippen LogP contribution < -0.4 is 20.9 Å². The Morgan fingerprint density at radius 2 is 1.77 bits per heavy atom. The third-order valence-electron chi connectivity index (χ3n) is 4.68. The fourth-order valence-electron chi connectivity index (χ4n) is 3.04. The highest BCUT2D eigenvalue weighted by molar-refractivity contribution is 5.95. The van der Waals surface area contributed by atoms with Crippen LogP contribution in [0.15, 0.2) is 42.7 Å². The molecule has 1 aromatic heterocycles. The molecule has 0 aliphatic carbocycles. The maximum Gasteiger partial charge on any atom is 0.282 e. The van der Waals surface area contributed by atoms with Crippen molar-refractivity contribution < 1.29 is 14.5 Å². The summed E-state index contributed by atoms with van der Waals surface area (Å²) < 4.78 is 0. The van der Waals surface area contributed by atoms with Gasteiger partial charge in [-0.15, -0.1) is 0 Å². The van der Waals surface area contributed by atoms with Crippen LogP contribution in [-0.4, -0.2) is 54.0 Å². The maximum absolute atomic E-state index is 12.5. The van der Waals surface area contributed by atoms with Crippen LogP contribution in [0.2, 0.25) is 0 Å². The summed E-state index contributed by atoms with van der Waals surface area (Å²) in [5.74, 6) is 0.204. The lowest BCUT2D eigenvalue weighted by Crippen LogP contribution is -3.19. The number of anilines is 2. The Labute approximate surface area is 152 Å². The van der Waals surface area contributed by atoms with Gasteiger partial charge in [0.25, 0.3) is 5.91 Å². The summed E-state index contributed by atoms with van der Waals surface area (Å²) in [6.07, 6.45) is 3.47. The molecule has 0 unspecified atom stereocenters. The highest BCUT2D eigenvalue weighted by atomic mass is 16.2. The van der Waals surface area contributed by atoms with Crippen LogP contribution in [0.3, 0.4) is 0 Å². The van der Waals surface area contributed by atoms with Crippen LogP contribution in [0.5, 0.6) is 0 Å². The Bertz CT molecular complexity index is 757. The average molecular weight is 355 g/mol. The monoisotopic (exact) mass is 355 g/mol. The molecule has 1 aliphatic heterocycles. The molecular formula is C18H23N6O2+. The first kappa shape index (κ1) is 17.8. The minimum atomic E-state index is -0.485. The van der Waals surface area contributed by atoms with Gasteiger partial charge in [0, 0.05) is 23.6 Å². The van der Waals surface area contributed by atoms with Crippen molar-refractivity contribution in [3.8, 4) is 0 Å². The average Bonchev–Trinajstić information content (AvgIpc) is 2.68. The largest absolute Gasteiger partial charge is 0.366 e. The van der Waals surface area contributed by atoms with Crippen molar-refractivity contribution >= 4 is 23.5 Å². The summed E-state index contributed by atoms with van der Waals surface area (Å²) in [4.78, 5) is 35.5. The summed E-state index contributed by atoms with van der Waals surface area (Å²) in [6, 6.07) is 8.20. The number of aromatic nitrogens is 2. The van der Waals surface area contributed by atoms with Crippen molar-refractivity contribution in [3.63, 3.8) is 0 Å². The molecule has 26 heavy (non-hydrogen) atoms. The van der Waals surface area contributed by atoms with Gasteiger partial charge in [0.1, 0.15) is 0 Å². The molecule has 2 aromatic rings. The van der Waals surface area contributed by atoms with Crippen LogP contribution in [-0.2, 0) is 4.79 Å². The van der Waals surface area contributed by atoms with Crippen LogP contribution in [0.1, 0.15) is 17.3 Å². The maximum atomic E-state index is 12.5. The standard InChI is InChI=1S/C18H22N6O2/c1-13(17(26)22-15-5-3-14(4-6-15)16(19)25)23-9-11-24(12-10-23)18-20-7-2-8-21-18/h2-8,13H,9-12H2,1H3,(H2,19,25)(H,22,26)/p+1/t13-/m0/s1. The van der Waals surface area contributed by atoms with Gasteiger partial charge in [-0.3, -0.25) is 9.59 Å². The molecule has 0 saturated carbocycles. The predicted molar refractivity (Wildman–Crippen MR) is 98.0 cm³/mol. The van der Waals surface area contributed by atoms with Gasteiger partial charge in [-0.1, -0.05) is 0 Å². The van der Waals surface area contributed by atoms with Gasteiger partial charge in [-0.2, -0.15) is 0 Å². The Balaban J connectivity index is 1.53. The Morgan fingerprint density at radius 3 is 2.35 bits per heavy atom. The lowest BCUT2D eigenvalue weighted by Gasteiger charge is -2.34. The first-order chi connectivity index (χ1) is 12.5. The van der Waals surface area contributed by atoms with E-state index in [1.165, 1.54) is 4.90 Å². The first-order valence-electron chi connectivity index (χ1n) is 8.62. The Hall–Kier alpha value is -3.00. The van der Waals surface area contributed by atoms with Gasteiger partial charge in [-0.05, 0) is 37.3 Å². The second-order valence-electron chi connectivity index (χ2n) is 6.35. The number of rotatable bonds is 5. The molecule has 1 saturated heterocycles. The predicted octanol–water partition coefficient (Wildman–Crippen LogP) is -0.692. The molecule has 136 valence electrons. The topological polar surface area (TPSA) is 106 Å². The number of nitrogens with zero attached hydrogens (tertiary/aromatic N) is 3. The normalized spacial score (nSPS) is 16.1. The lowest BCUT2D eigenvalue weighted by molar-refractivity contribution is -0.914. The lowest BCUT2D eigenvalue weighted by atomic mass is 10.2. The zero-order valence-electron chi connectivity index (χ0n) is 14.7. The van der Waals surface area contributed by atoms with Crippen LogP contribution >= 0.6 is 0 Å². The molecule has 0 spiro atoms. The van der Waals surface area contributed by atoms with Crippen molar-refractivity contribution in [3.05, 3.63) is 48.3 Å².